The van der Waals surface area contributed by atoms with Crippen LogP contribution in [0.1, 0.15) is 42.4 Å². The van der Waals surface area contributed by atoms with E-state index in [-0.39, 0.29) is 24.3 Å². The lowest BCUT2D eigenvalue weighted by atomic mass is 9.81. The van der Waals surface area contributed by atoms with Crippen molar-refractivity contribution in [1.82, 2.24) is 5.32 Å². The smallest absolute Gasteiger partial charge is 0.306 e. The molecule has 1 aliphatic rings. The summed E-state index contributed by atoms with van der Waals surface area (Å²) in [6, 6.07) is 3.99. The van der Waals surface area contributed by atoms with E-state index in [0.29, 0.717) is 19.3 Å². The molecular formula is C19H26N2O4. The lowest BCUT2D eigenvalue weighted by Crippen LogP contribution is -2.39. The van der Waals surface area contributed by atoms with Gasteiger partial charge < -0.3 is 15.7 Å². The highest BCUT2D eigenvalue weighted by Gasteiger charge is 2.31. The number of anilines is 1. The third kappa shape index (κ3) is 5.05. The molecule has 6 nitrogen and oxygen atoms in total. The third-order valence-corrected chi connectivity index (χ3v) is 4.76. The number of carboxylic acids is 1. The molecule has 2 amide bonds. The number of benzene rings is 1. The predicted octanol–water partition coefficient (Wildman–Crippen LogP) is 2.56. The number of aliphatic carboxylic acids is 1. The van der Waals surface area contributed by atoms with Gasteiger partial charge in [-0.05, 0) is 51.2 Å². The van der Waals surface area contributed by atoms with Crippen molar-refractivity contribution in [2.24, 2.45) is 11.8 Å². The molecular weight excluding hydrogens is 320 g/mol. The zero-order chi connectivity index (χ0) is 18.6. The van der Waals surface area contributed by atoms with E-state index in [1.54, 1.807) is 0 Å². The van der Waals surface area contributed by atoms with E-state index >= 15 is 0 Å². The summed E-state index contributed by atoms with van der Waals surface area (Å²) < 4.78 is 0. The van der Waals surface area contributed by atoms with Crippen LogP contribution in [0.15, 0.2) is 12.1 Å². The van der Waals surface area contributed by atoms with E-state index in [1.165, 1.54) is 0 Å². The molecule has 6 heteroatoms. The number of hydrogen-bond donors (Lipinski definition) is 3. The van der Waals surface area contributed by atoms with Gasteiger partial charge in [0, 0.05) is 11.6 Å². The van der Waals surface area contributed by atoms with Crippen molar-refractivity contribution in [3.63, 3.8) is 0 Å². The summed E-state index contributed by atoms with van der Waals surface area (Å²) in [5, 5.41) is 14.6. The maximum absolute atomic E-state index is 12.2. The highest BCUT2D eigenvalue weighted by Crippen LogP contribution is 2.29. The second-order valence-corrected chi connectivity index (χ2v) is 6.94. The molecule has 0 aliphatic heterocycles. The Morgan fingerprint density at radius 1 is 1.08 bits per heavy atom. The number of aryl methyl sites for hydroxylation is 3. The molecule has 0 spiro atoms. The van der Waals surface area contributed by atoms with Crippen LogP contribution in [-0.2, 0) is 14.4 Å². The van der Waals surface area contributed by atoms with Gasteiger partial charge in [-0.2, -0.15) is 0 Å². The van der Waals surface area contributed by atoms with Gasteiger partial charge in [-0.1, -0.05) is 24.1 Å². The SMILES string of the molecule is Cc1cc(C)c(NC(=O)CNC(=O)C2CCCC(C(=O)O)C2)c(C)c1. The monoisotopic (exact) mass is 346 g/mol. The Labute approximate surface area is 148 Å². The molecule has 0 heterocycles. The number of carbonyl (C=O) groups excluding carboxylic acids is 2. The molecule has 1 fully saturated rings. The quantitative estimate of drug-likeness (QED) is 0.763. The van der Waals surface area contributed by atoms with E-state index in [9.17, 15) is 14.4 Å². The minimum Gasteiger partial charge on any atom is -0.481 e. The minimum atomic E-state index is -0.847. The average molecular weight is 346 g/mol. The van der Waals surface area contributed by atoms with Crippen molar-refractivity contribution in [1.29, 1.82) is 0 Å². The van der Waals surface area contributed by atoms with E-state index in [1.807, 2.05) is 32.9 Å². The van der Waals surface area contributed by atoms with Crippen molar-refractivity contribution < 1.29 is 19.5 Å². The van der Waals surface area contributed by atoms with Gasteiger partial charge in [0.25, 0.3) is 0 Å². The molecule has 0 aromatic heterocycles. The number of nitrogens with one attached hydrogen (secondary N) is 2. The summed E-state index contributed by atoms with van der Waals surface area (Å²) in [6.45, 7) is 5.75. The first-order valence-electron chi connectivity index (χ1n) is 8.66. The fraction of sp³-hybridized carbons (Fsp3) is 0.526. The molecule has 1 aromatic carbocycles. The Morgan fingerprint density at radius 2 is 1.68 bits per heavy atom. The standard InChI is InChI=1S/C19H26N2O4/c1-11-7-12(2)17(13(3)8-11)21-16(22)10-20-18(23)14-5-4-6-15(9-14)19(24)25/h7-8,14-15H,4-6,9-10H2,1-3H3,(H,20,23)(H,21,22)(H,24,25). The maximum atomic E-state index is 12.2. The molecule has 0 bridgehead atoms. The Kier molecular flexibility index (Phi) is 6.17. The third-order valence-electron chi connectivity index (χ3n) is 4.76. The number of rotatable bonds is 5. The van der Waals surface area contributed by atoms with Crippen molar-refractivity contribution in [3.8, 4) is 0 Å². The van der Waals surface area contributed by atoms with Gasteiger partial charge in [0.05, 0.1) is 12.5 Å². The van der Waals surface area contributed by atoms with Crippen molar-refractivity contribution in [3.05, 3.63) is 28.8 Å². The van der Waals surface area contributed by atoms with Gasteiger partial charge in [0.1, 0.15) is 0 Å². The van der Waals surface area contributed by atoms with E-state index in [4.69, 9.17) is 5.11 Å². The summed E-state index contributed by atoms with van der Waals surface area (Å²) in [6.07, 6.45) is 2.36. The number of hydrogen-bond acceptors (Lipinski definition) is 3. The summed E-state index contributed by atoms with van der Waals surface area (Å²) in [7, 11) is 0. The summed E-state index contributed by atoms with van der Waals surface area (Å²) >= 11 is 0. The van der Waals surface area contributed by atoms with Crippen LogP contribution in [-0.4, -0.2) is 29.4 Å². The highest BCUT2D eigenvalue weighted by atomic mass is 16.4. The van der Waals surface area contributed by atoms with Gasteiger partial charge in [0.15, 0.2) is 0 Å². The molecule has 2 rings (SSSR count). The van der Waals surface area contributed by atoms with Crippen LogP contribution in [0, 0.1) is 32.6 Å². The molecule has 3 N–H and O–H groups in total. The topological polar surface area (TPSA) is 95.5 Å². The molecule has 136 valence electrons. The van der Waals surface area contributed by atoms with Gasteiger partial charge in [-0.3, -0.25) is 14.4 Å². The van der Waals surface area contributed by atoms with Gasteiger partial charge in [0.2, 0.25) is 11.8 Å². The molecule has 0 saturated heterocycles. The zero-order valence-electron chi connectivity index (χ0n) is 15.0. The second kappa shape index (κ2) is 8.14. The van der Waals surface area contributed by atoms with E-state index in [0.717, 1.165) is 28.8 Å². The molecule has 2 atom stereocenters. The minimum absolute atomic E-state index is 0.111. The Balaban J connectivity index is 1.87. The van der Waals surface area contributed by atoms with E-state index < -0.39 is 11.9 Å². The Bertz CT molecular complexity index is 661. The molecule has 1 aliphatic carbocycles. The average Bonchev–Trinajstić information content (AvgIpc) is 2.56. The first-order chi connectivity index (χ1) is 11.8. The van der Waals surface area contributed by atoms with Crippen LogP contribution in [0.5, 0.6) is 0 Å². The molecule has 1 aromatic rings. The lowest BCUT2D eigenvalue weighted by Gasteiger charge is -2.25. The van der Waals surface area contributed by atoms with Crippen LogP contribution in [0.2, 0.25) is 0 Å². The van der Waals surface area contributed by atoms with Gasteiger partial charge in [-0.25, -0.2) is 0 Å². The Morgan fingerprint density at radius 3 is 2.28 bits per heavy atom. The predicted molar refractivity (Wildman–Crippen MR) is 95.4 cm³/mol. The molecule has 2 unspecified atom stereocenters. The fourth-order valence-corrected chi connectivity index (χ4v) is 3.52. The lowest BCUT2D eigenvalue weighted by molar-refractivity contribution is -0.144. The second-order valence-electron chi connectivity index (χ2n) is 6.94. The summed E-state index contributed by atoms with van der Waals surface area (Å²) in [5.41, 5.74) is 3.86. The van der Waals surface area contributed by atoms with Crippen molar-refractivity contribution in [2.45, 2.75) is 46.5 Å². The first-order valence-corrected chi connectivity index (χ1v) is 8.66. The number of amides is 2. The number of carbonyl (C=O) groups is 3. The highest BCUT2D eigenvalue weighted by molar-refractivity contribution is 5.96. The summed E-state index contributed by atoms with van der Waals surface area (Å²) in [5.74, 6) is -2.16. The first kappa shape index (κ1) is 19.0. The Hall–Kier alpha value is -2.37. The van der Waals surface area contributed by atoms with Crippen LogP contribution in [0.4, 0.5) is 5.69 Å². The van der Waals surface area contributed by atoms with Crippen LogP contribution in [0.25, 0.3) is 0 Å². The molecule has 1 saturated carbocycles. The number of carboxylic acid groups (broad SMARTS) is 1. The normalized spacial score (nSPS) is 20.0. The van der Waals surface area contributed by atoms with Gasteiger partial charge >= 0.3 is 5.97 Å². The maximum Gasteiger partial charge on any atom is 0.306 e. The van der Waals surface area contributed by atoms with Crippen LogP contribution < -0.4 is 10.6 Å². The van der Waals surface area contributed by atoms with Crippen molar-refractivity contribution >= 4 is 23.5 Å². The fourth-order valence-electron chi connectivity index (χ4n) is 3.52. The van der Waals surface area contributed by atoms with Crippen LogP contribution >= 0.6 is 0 Å². The van der Waals surface area contributed by atoms with E-state index in [2.05, 4.69) is 10.6 Å². The van der Waals surface area contributed by atoms with Crippen LogP contribution in [0.3, 0.4) is 0 Å². The molecule has 0 radical (unpaired) electrons. The largest absolute Gasteiger partial charge is 0.481 e. The van der Waals surface area contributed by atoms with Gasteiger partial charge in [-0.15, -0.1) is 0 Å². The molecule has 25 heavy (non-hydrogen) atoms. The summed E-state index contributed by atoms with van der Waals surface area (Å²) in [4.78, 5) is 35.4. The zero-order valence-corrected chi connectivity index (χ0v) is 15.0. The van der Waals surface area contributed by atoms with Crippen molar-refractivity contribution in [2.75, 3.05) is 11.9 Å².